The number of Topliss-reactive ketones (excluding diaryl/α,β-unsaturated/α-hetero) is 1. The van der Waals surface area contributed by atoms with E-state index >= 15 is 0 Å². The Morgan fingerprint density at radius 1 is 1.38 bits per heavy atom. The van der Waals surface area contributed by atoms with Crippen LogP contribution in [0.4, 0.5) is 0 Å². The second-order valence-electron chi connectivity index (χ2n) is 4.99. The minimum absolute atomic E-state index is 0.165. The van der Waals surface area contributed by atoms with Crippen LogP contribution in [0.15, 0.2) is 24.3 Å². The van der Waals surface area contributed by atoms with Gasteiger partial charge in [0, 0.05) is 0 Å². The Kier molecular flexibility index (Phi) is 4.64. The van der Waals surface area contributed by atoms with Gasteiger partial charge >= 0.3 is 109 Å². The van der Waals surface area contributed by atoms with Crippen LogP contribution in [0, 0.1) is 0 Å². The van der Waals surface area contributed by atoms with Gasteiger partial charge in [-0.05, 0) is 0 Å². The topological polar surface area (TPSA) is 17.1 Å². The Morgan fingerprint density at radius 3 is 2.50 bits per heavy atom. The molecule has 1 rings (SSSR count). The number of halogens is 1. The number of hydrogen-bond donors (Lipinski definition) is 0. The molecule has 0 aliphatic heterocycles. The first kappa shape index (κ1) is 13.8. The molecular formula is C13H18AsClO. The molecule has 0 bridgehead atoms. The Labute approximate surface area is 109 Å². The second-order valence-corrected chi connectivity index (χ2v) is 11.0. The monoisotopic (exact) mass is 300 g/mol. The van der Waals surface area contributed by atoms with Crippen LogP contribution in [-0.4, -0.2) is 21.5 Å². The molecule has 3 heteroatoms. The van der Waals surface area contributed by atoms with E-state index < -0.39 is 0 Å². The van der Waals surface area contributed by atoms with E-state index in [-0.39, 0.29) is 26.2 Å². The van der Waals surface area contributed by atoms with E-state index in [0.717, 1.165) is 5.56 Å². The number of rotatable bonds is 3. The van der Waals surface area contributed by atoms with E-state index in [2.05, 4.69) is 20.8 Å². The maximum atomic E-state index is 12.1. The fourth-order valence-electron chi connectivity index (χ4n) is 1.61. The molecule has 0 N–H and O–H groups in total. The standard InChI is InChI=1S/C13H18AsClO/c1-9(14-13(2,3)4)12(16)10-6-5-7-11(15)8-10/h5-9,14H,1-4H3. The average Bonchev–Trinajstić information content (AvgIpc) is 2.14. The van der Waals surface area contributed by atoms with E-state index in [9.17, 15) is 4.79 Å². The van der Waals surface area contributed by atoms with Crippen LogP contribution in [0.25, 0.3) is 0 Å². The van der Waals surface area contributed by atoms with E-state index in [1.807, 2.05) is 19.1 Å². The van der Waals surface area contributed by atoms with Gasteiger partial charge in [-0.3, -0.25) is 0 Å². The zero-order valence-corrected chi connectivity index (χ0v) is 13.0. The predicted octanol–water partition coefficient (Wildman–Crippen LogP) is 3.99. The van der Waals surface area contributed by atoms with Crippen molar-refractivity contribution in [2.75, 3.05) is 0 Å². The van der Waals surface area contributed by atoms with Gasteiger partial charge in [0.2, 0.25) is 0 Å². The molecule has 16 heavy (non-hydrogen) atoms. The van der Waals surface area contributed by atoms with Crippen molar-refractivity contribution in [1.82, 2.24) is 0 Å². The normalized spacial score (nSPS) is 14.3. The van der Waals surface area contributed by atoms with E-state index in [4.69, 9.17) is 11.6 Å². The molecule has 0 radical (unpaired) electrons. The average molecular weight is 301 g/mol. The Balaban J connectivity index is 2.78. The summed E-state index contributed by atoms with van der Waals surface area (Å²) in [4.78, 5) is 12.1. The van der Waals surface area contributed by atoms with Crippen LogP contribution in [0.5, 0.6) is 0 Å². The minimum atomic E-state index is -0.291. The van der Waals surface area contributed by atoms with E-state index in [1.54, 1.807) is 12.1 Å². The first-order chi connectivity index (χ1) is 7.29. The number of ketones is 1. The van der Waals surface area contributed by atoms with Crippen molar-refractivity contribution >= 4 is 33.1 Å². The molecule has 0 saturated heterocycles. The van der Waals surface area contributed by atoms with Crippen molar-refractivity contribution in [1.29, 1.82) is 0 Å². The van der Waals surface area contributed by atoms with Gasteiger partial charge in [-0.25, -0.2) is 0 Å². The van der Waals surface area contributed by atoms with Gasteiger partial charge in [-0.2, -0.15) is 0 Å². The Hall–Kier alpha value is -0.262. The van der Waals surface area contributed by atoms with Crippen LogP contribution in [0.3, 0.4) is 0 Å². The van der Waals surface area contributed by atoms with Gasteiger partial charge in [0.1, 0.15) is 0 Å². The number of carbonyl (C=O) groups is 1. The molecule has 1 nitrogen and oxygen atoms in total. The summed E-state index contributed by atoms with van der Waals surface area (Å²) in [5.74, 6) is 0.234. The molecule has 1 aromatic rings. The summed E-state index contributed by atoms with van der Waals surface area (Å²) in [5, 5.41) is 0.633. The summed E-state index contributed by atoms with van der Waals surface area (Å²) in [7, 11) is 0. The van der Waals surface area contributed by atoms with E-state index in [1.165, 1.54) is 0 Å². The Morgan fingerprint density at radius 2 is 2.00 bits per heavy atom. The van der Waals surface area contributed by atoms with Crippen molar-refractivity contribution < 1.29 is 4.79 Å². The summed E-state index contributed by atoms with van der Waals surface area (Å²) in [6.07, 6.45) is 0. The van der Waals surface area contributed by atoms with Crippen LogP contribution >= 0.6 is 11.6 Å². The first-order valence-electron chi connectivity index (χ1n) is 5.37. The first-order valence-corrected chi connectivity index (χ1v) is 8.01. The molecule has 1 aromatic carbocycles. The van der Waals surface area contributed by atoms with Crippen LogP contribution in [0.1, 0.15) is 38.1 Å². The number of benzene rings is 1. The summed E-state index contributed by atoms with van der Waals surface area (Å²) in [6, 6.07) is 7.23. The van der Waals surface area contributed by atoms with Crippen LogP contribution in [-0.2, 0) is 0 Å². The third kappa shape index (κ3) is 4.31. The van der Waals surface area contributed by atoms with Crippen molar-refractivity contribution in [2.24, 2.45) is 0 Å². The second kappa shape index (κ2) is 5.38. The predicted molar refractivity (Wildman–Crippen MR) is 72.1 cm³/mol. The maximum absolute atomic E-state index is 12.1. The summed E-state index contributed by atoms with van der Waals surface area (Å²) >= 11 is 5.59. The van der Waals surface area contributed by atoms with Gasteiger partial charge in [-0.15, -0.1) is 0 Å². The van der Waals surface area contributed by atoms with Gasteiger partial charge in [0.25, 0.3) is 0 Å². The molecule has 0 aliphatic carbocycles. The summed E-state index contributed by atoms with van der Waals surface area (Å²) < 4.78 is 0.465. The quantitative estimate of drug-likeness (QED) is 0.609. The molecule has 0 aromatic heterocycles. The van der Waals surface area contributed by atoms with Gasteiger partial charge in [0.05, 0.1) is 0 Å². The summed E-state index contributed by atoms with van der Waals surface area (Å²) in [6.45, 7) is 8.65. The van der Waals surface area contributed by atoms with Crippen molar-refractivity contribution in [2.45, 2.75) is 36.6 Å². The number of hydrogen-bond acceptors (Lipinski definition) is 1. The Bertz CT molecular complexity index is 382. The zero-order valence-electron chi connectivity index (χ0n) is 10.2. The fourth-order valence-corrected chi connectivity index (χ4v) is 5.15. The van der Waals surface area contributed by atoms with Gasteiger partial charge < -0.3 is 0 Å². The van der Waals surface area contributed by atoms with Crippen molar-refractivity contribution in [3.63, 3.8) is 0 Å². The van der Waals surface area contributed by atoms with Crippen molar-refractivity contribution in [3.05, 3.63) is 34.9 Å². The zero-order chi connectivity index (χ0) is 12.3. The van der Waals surface area contributed by atoms with Crippen molar-refractivity contribution in [3.8, 4) is 0 Å². The van der Waals surface area contributed by atoms with Crippen LogP contribution in [0.2, 0.25) is 13.9 Å². The molecule has 0 fully saturated rings. The molecule has 0 heterocycles. The molecule has 0 aliphatic rings. The SMILES string of the molecule is CC([AsH]C(C)(C)C)C(=O)c1cccc(Cl)c1. The molecule has 0 saturated carbocycles. The third-order valence-corrected chi connectivity index (χ3v) is 5.66. The van der Waals surface area contributed by atoms with Gasteiger partial charge in [0.15, 0.2) is 0 Å². The molecule has 2 atom stereocenters. The molecule has 0 amide bonds. The molecular weight excluding hydrogens is 283 g/mol. The molecule has 2 unspecified atom stereocenters. The van der Waals surface area contributed by atoms with Crippen LogP contribution < -0.4 is 0 Å². The van der Waals surface area contributed by atoms with Gasteiger partial charge in [-0.1, -0.05) is 0 Å². The van der Waals surface area contributed by atoms with E-state index in [0.29, 0.717) is 9.23 Å². The fraction of sp³-hybridized carbons (Fsp3) is 0.462. The molecule has 0 spiro atoms. The summed E-state index contributed by atoms with van der Waals surface area (Å²) in [5.41, 5.74) is 0.744. The third-order valence-electron chi connectivity index (χ3n) is 2.15. The number of carbonyl (C=O) groups excluding carboxylic acids is 1. The molecule has 88 valence electrons.